The van der Waals surface area contributed by atoms with Gasteiger partial charge in [0.15, 0.2) is 0 Å². The fraction of sp³-hybridized carbons (Fsp3) is 0.412. The van der Waals surface area contributed by atoms with E-state index in [4.69, 9.17) is 0 Å². The molecule has 3 nitrogen and oxygen atoms in total. The molecule has 0 atom stereocenters. The fourth-order valence-electron chi connectivity index (χ4n) is 2.77. The molecule has 2 heterocycles. The molecule has 1 fully saturated rings. The normalized spacial score (nSPS) is 15.8. The first kappa shape index (κ1) is 13.3. The van der Waals surface area contributed by atoms with Crippen LogP contribution >= 0.6 is 0 Å². The van der Waals surface area contributed by atoms with Gasteiger partial charge in [-0.3, -0.25) is 0 Å². The minimum absolute atomic E-state index is 0.557. The summed E-state index contributed by atoms with van der Waals surface area (Å²) in [4.78, 5) is 2.48. The molecule has 1 aliphatic heterocycles. The Kier molecular flexibility index (Phi) is 3.79. The first-order chi connectivity index (χ1) is 9.75. The largest absolute Gasteiger partial charge is 0.367 e. The highest BCUT2D eigenvalue weighted by Crippen LogP contribution is 2.29. The van der Waals surface area contributed by atoms with Crippen LogP contribution in [0.25, 0.3) is 5.69 Å². The number of piperazine rings is 1. The smallest absolute Gasteiger partial charge is 0.0687 e. The number of anilines is 1. The molecule has 0 aliphatic carbocycles. The highest BCUT2D eigenvalue weighted by molar-refractivity contribution is 5.64. The van der Waals surface area contributed by atoms with Crippen molar-refractivity contribution in [2.75, 3.05) is 31.1 Å². The molecule has 20 heavy (non-hydrogen) atoms. The topological polar surface area (TPSA) is 20.2 Å². The predicted molar refractivity (Wildman–Crippen MR) is 84.9 cm³/mol. The number of hydrogen-bond donors (Lipinski definition) is 1. The van der Waals surface area contributed by atoms with Crippen molar-refractivity contribution in [3.63, 3.8) is 0 Å². The summed E-state index contributed by atoms with van der Waals surface area (Å²) in [7, 11) is 0. The van der Waals surface area contributed by atoms with E-state index in [1.165, 1.54) is 16.9 Å². The van der Waals surface area contributed by atoms with Crippen molar-refractivity contribution < 1.29 is 0 Å². The molecule has 2 aromatic rings. The minimum atomic E-state index is 0.557. The molecule has 3 heteroatoms. The first-order valence-corrected chi connectivity index (χ1v) is 7.48. The lowest BCUT2D eigenvalue weighted by atomic mass is 10.0. The van der Waals surface area contributed by atoms with Crippen molar-refractivity contribution in [2.45, 2.75) is 19.8 Å². The molecule has 1 aromatic heterocycles. The second kappa shape index (κ2) is 5.71. The Morgan fingerprint density at radius 3 is 2.35 bits per heavy atom. The van der Waals surface area contributed by atoms with Crippen LogP contribution in [0.15, 0.2) is 42.7 Å². The number of nitrogens with zero attached hydrogens (tertiary/aromatic N) is 2. The number of nitrogens with one attached hydrogen (secondary N) is 1. The lowest BCUT2D eigenvalue weighted by Gasteiger charge is -2.31. The second-order valence-corrected chi connectivity index (χ2v) is 5.73. The Bertz CT molecular complexity index is 552. The summed E-state index contributed by atoms with van der Waals surface area (Å²) in [5.74, 6) is 0.557. The SMILES string of the molecule is CC(C)c1ccc(N2CCNCC2)c(-n2cccc2)c1. The van der Waals surface area contributed by atoms with Gasteiger partial charge in [0.25, 0.3) is 0 Å². The summed E-state index contributed by atoms with van der Waals surface area (Å²) in [6.45, 7) is 8.79. The van der Waals surface area contributed by atoms with Gasteiger partial charge in [0.05, 0.1) is 11.4 Å². The molecule has 0 amide bonds. The van der Waals surface area contributed by atoms with Crippen molar-refractivity contribution in [2.24, 2.45) is 0 Å². The quantitative estimate of drug-likeness (QED) is 0.924. The molecule has 0 bridgehead atoms. The maximum Gasteiger partial charge on any atom is 0.0687 e. The Morgan fingerprint density at radius 2 is 1.70 bits per heavy atom. The highest BCUT2D eigenvalue weighted by Gasteiger charge is 2.16. The van der Waals surface area contributed by atoms with E-state index in [0.717, 1.165) is 26.2 Å². The maximum atomic E-state index is 3.42. The highest BCUT2D eigenvalue weighted by atomic mass is 15.2. The van der Waals surface area contributed by atoms with Crippen LogP contribution in [0.2, 0.25) is 0 Å². The summed E-state index contributed by atoms with van der Waals surface area (Å²) in [5.41, 5.74) is 4.03. The van der Waals surface area contributed by atoms with E-state index in [1.54, 1.807) is 0 Å². The number of hydrogen-bond acceptors (Lipinski definition) is 2. The van der Waals surface area contributed by atoms with Crippen molar-refractivity contribution in [1.29, 1.82) is 0 Å². The van der Waals surface area contributed by atoms with Gasteiger partial charge < -0.3 is 14.8 Å². The Hall–Kier alpha value is -1.74. The van der Waals surface area contributed by atoms with Gasteiger partial charge >= 0.3 is 0 Å². The lowest BCUT2D eigenvalue weighted by Crippen LogP contribution is -2.43. The van der Waals surface area contributed by atoms with Gasteiger partial charge in [0, 0.05) is 38.6 Å². The molecule has 1 aromatic carbocycles. The van der Waals surface area contributed by atoms with Crippen molar-refractivity contribution in [1.82, 2.24) is 9.88 Å². The van der Waals surface area contributed by atoms with Crippen molar-refractivity contribution in [3.8, 4) is 5.69 Å². The van der Waals surface area contributed by atoms with E-state index in [2.05, 4.69) is 71.4 Å². The minimum Gasteiger partial charge on any atom is -0.367 e. The van der Waals surface area contributed by atoms with E-state index in [1.807, 2.05) is 0 Å². The van der Waals surface area contributed by atoms with Gasteiger partial charge in [-0.05, 0) is 35.7 Å². The maximum absolute atomic E-state index is 3.42. The van der Waals surface area contributed by atoms with Crippen LogP contribution in [-0.4, -0.2) is 30.7 Å². The summed E-state index contributed by atoms with van der Waals surface area (Å²) >= 11 is 0. The third-order valence-corrected chi connectivity index (χ3v) is 4.01. The molecule has 1 saturated heterocycles. The van der Waals surface area contributed by atoms with Crippen LogP contribution in [0.1, 0.15) is 25.3 Å². The first-order valence-electron chi connectivity index (χ1n) is 7.48. The van der Waals surface area contributed by atoms with E-state index in [0.29, 0.717) is 5.92 Å². The molecular formula is C17H23N3. The molecule has 0 spiro atoms. The van der Waals surface area contributed by atoms with Gasteiger partial charge in [-0.1, -0.05) is 19.9 Å². The van der Waals surface area contributed by atoms with E-state index < -0.39 is 0 Å². The average molecular weight is 269 g/mol. The molecule has 0 unspecified atom stereocenters. The molecule has 0 radical (unpaired) electrons. The molecule has 106 valence electrons. The molecule has 0 saturated carbocycles. The van der Waals surface area contributed by atoms with Crippen LogP contribution in [0.4, 0.5) is 5.69 Å². The Morgan fingerprint density at radius 1 is 1.00 bits per heavy atom. The van der Waals surface area contributed by atoms with Crippen LogP contribution < -0.4 is 10.2 Å². The molecule has 1 aliphatic rings. The molecular weight excluding hydrogens is 246 g/mol. The van der Waals surface area contributed by atoms with Crippen molar-refractivity contribution in [3.05, 3.63) is 48.3 Å². The van der Waals surface area contributed by atoms with Crippen LogP contribution in [0.5, 0.6) is 0 Å². The average Bonchev–Trinajstić information content (AvgIpc) is 3.01. The monoisotopic (exact) mass is 269 g/mol. The van der Waals surface area contributed by atoms with Gasteiger partial charge in [-0.15, -0.1) is 0 Å². The van der Waals surface area contributed by atoms with E-state index >= 15 is 0 Å². The van der Waals surface area contributed by atoms with Crippen molar-refractivity contribution >= 4 is 5.69 Å². The van der Waals surface area contributed by atoms with E-state index in [9.17, 15) is 0 Å². The third kappa shape index (κ3) is 2.59. The molecule has 1 N–H and O–H groups in total. The number of rotatable bonds is 3. The Labute approximate surface area is 121 Å². The zero-order valence-corrected chi connectivity index (χ0v) is 12.3. The predicted octanol–water partition coefficient (Wildman–Crippen LogP) is 3.01. The van der Waals surface area contributed by atoms with E-state index in [-0.39, 0.29) is 0 Å². The van der Waals surface area contributed by atoms with Gasteiger partial charge in [0.1, 0.15) is 0 Å². The Balaban J connectivity index is 2.04. The van der Waals surface area contributed by atoms with Gasteiger partial charge in [0.2, 0.25) is 0 Å². The second-order valence-electron chi connectivity index (χ2n) is 5.73. The van der Waals surface area contributed by atoms with Gasteiger partial charge in [-0.2, -0.15) is 0 Å². The lowest BCUT2D eigenvalue weighted by molar-refractivity contribution is 0.588. The molecule has 3 rings (SSSR count). The summed E-state index contributed by atoms with van der Waals surface area (Å²) in [5, 5.41) is 3.42. The zero-order chi connectivity index (χ0) is 13.9. The van der Waals surface area contributed by atoms with Crippen LogP contribution in [-0.2, 0) is 0 Å². The zero-order valence-electron chi connectivity index (χ0n) is 12.3. The van der Waals surface area contributed by atoms with Gasteiger partial charge in [-0.25, -0.2) is 0 Å². The third-order valence-electron chi connectivity index (χ3n) is 4.01. The van der Waals surface area contributed by atoms with Crippen LogP contribution in [0, 0.1) is 0 Å². The standard InChI is InChI=1S/C17H23N3/c1-14(2)15-5-6-16(20-11-7-18-8-12-20)17(13-15)19-9-3-4-10-19/h3-6,9-10,13-14,18H,7-8,11-12H2,1-2H3. The number of benzene rings is 1. The van der Waals surface area contributed by atoms with Crippen LogP contribution in [0.3, 0.4) is 0 Å². The summed E-state index contributed by atoms with van der Waals surface area (Å²) in [6.07, 6.45) is 4.26. The summed E-state index contributed by atoms with van der Waals surface area (Å²) < 4.78 is 2.23. The fourth-order valence-corrected chi connectivity index (χ4v) is 2.77. The number of aromatic nitrogens is 1. The summed E-state index contributed by atoms with van der Waals surface area (Å²) in [6, 6.07) is 11.1.